The maximum Gasteiger partial charge on any atom is 0.227 e. The highest BCUT2D eigenvalue weighted by Crippen LogP contribution is 2.31. The number of hydrogen-bond acceptors (Lipinski definition) is 3. The van der Waals surface area contributed by atoms with Gasteiger partial charge >= 0.3 is 0 Å². The summed E-state index contributed by atoms with van der Waals surface area (Å²) < 4.78 is 6.68. The molecule has 2 aromatic carbocycles. The van der Waals surface area contributed by atoms with Crippen molar-refractivity contribution in [1.82, 2.24) is 0 Å². The lowest BCUT2D eigenvalue weighted by atomic mass is 9.95. The van der Waals surface area contributed by atoms with Crippen molar-refractivity contribution in [3.05, 3.63) is 57.6 Å². The van der Waals surface area contributed by atoms with E-state index in [0.29, 0.717) is 18.0 Å². The van der Waals surface area contributed by atoms with Crippen LogP contribution < -0.4 is 11.1 Å². The van der Waals surface area contributed by atoms with E-state index >= 15 is 0 Å². The number of carbonyl (C=O) groups is 1. The van der Waals surface area contributed by atoms with Gasteiger partial charge in [0.2, 0.25) is 5.91 Å². The van der Waals surface area contributed by atoms with Gasteiger partial charge in [0.1, 0.15) is 0 Å². The average molecular weight is 412 g/mol. The van der Waals surface area contributed by atoms with Crippen LogP contribution in [0, 0.1) is 6.92 Å². The number of nitrogen functional groups attached to an aromatic ring is 1. The van der Waals surface area contributed by atoms with E-state index in [1.165, 1.54) is 5.56 Å². The van der Waals surface area contributed by atoms with E-state index < -0.39 is 0 Å². The summed E-state index contributed by atoms with van der Waals surface area (Å²) in [5, 5.41) is 2.90. The Kier molecular flexibility index (Phi) is 6.27. The Labute approximate surface area is 156 Å². The molecule has 24 heavy (non-hydrogen) atoms. The van der Waals surface area contributed by atoms with Crippen molar-refractivity contribution in [2.45, 2.75) is 25.9 Å². The summed E-state index contributed by atoms with van der Waals surface area (Å²) in [7, 11) is 0. The quantitative estimate of drug-likeness (QED) is 0.736. The summed E-state index contributed by atoms with van der Waals surface area (Å²) in [6, 6.07) is 11.9. The van der Waals surface area contributed by atoms with Gasteiger partial charge in [-0.2, -0.15) is 0 Å². The van der Waals surface area contributed by atoms with E-state index in [-0.39, 0.29) is 30.8 Å². The van der Waals surface area contributed by atoms with Gasteiger partial charge in [-0.05, 0) is 42.2 Å². The molecule has 0 aliphatic carbocycles. The average Bonchev–Trinajstić information content (AvgIpc) is 2.52. The molecule has 2 aromatic rings. The van der Waals surface area contributed by atoms with E-state index in [4.69, 9.17) is 10.5 Å². The number of carbonyl (C=O) groups excluding carboxylic acids is 1. The highest BCUT2D eigenvalue weighted by molar-refractivity contribution is 9.10. The minimum atomic E-state index is -0.200. The molecule has 1 heterocycles. The Morgan fingerprint density at radius 3 is 2.92 bits per heavy atom. The van der Waals surface area contributed by atoms with E-state index in [0.717, 1.165) is 22.0 Å². The van der Waals surface area contributed by atoms with Crippen LogP contribution in [0.15, 0.2) is 40.9 Å². The van der Waals surface area contributed by atoms with Crippen molar-refractivity contribution < 1.29 is 9.53 Å². The second-order valence-corrected chi connectivity index (χ2v) is 6.66. The zero-order valence-electron chi connectivity index (χ0n) is 13.3. The lowest BCUT2D eigenvalue weighted by molar-refractivity contribution is -0.119. The fourth-order valence-electron chi connectivity index (χ4n) is 2.87. The van der Waals surface area contributed by atoms with Gasteiger partial charge in [0.05, 0.1) is 30.5 Å². The first-order chi connectivity index (χ1) is 11.0. The SMILES string of the molecule is Cc1cc(Br)cc(NC(=O)CC2OCCc3ccccc32)c1N.Cl. The molecule has 1 unspecified atom stereocenters. The molecule has 0 saturated carbocycles. The van der Waals surface area contributed by atoms with Crippen molar-refractivity contribution in [3.8, 4) is 0 Å². The zero-order valence-corrected chi connectivity index (χ0v) is 15.7. The van der Waals surface area contributed by atoms with E-state index in [1.54, 1.807) is 0 Å². The number of amides is 1. The van der Waals surface area contributed by atoms with Crippen LogP contribution in [0.5, 0.6) is 0 Å². The predicted octanol–water partition coefficient (Wildman–Crippen LogP) is 4.40. The Morgan fingerprint density at radius 1 is 1.38 bits per heavy atom. The molecule has 128 valence electrons. The van der Waals surface area contributed by atoms with Gasteiger partial charge in [-0.3, -0.25) is 4.79 Å². The first-order valence-corrected chi connectivity index (χ1v) is 8.39. The first kappa shape index (κ1) is 18.8. The maximum absolute atomic E-state index is 12.4. The van der Waals surface area contributed by atoms with Gasteiger partial charge in [0, 0.05) is 4.47 Å². The molecule has 4 nitrogen and oxygen atoms in total. The molecule has 0 fully saturated rings. The molecular formula is C18H20BrClN2O2. The van der Waals surface area contributed by atoms with Crippen LogP contribution in [0.1, 0.15) is 29.2 Å². The van der Waals surface area contributed by atoms with E-state index in [1.807, 2.05) is 37.3 Å². The molecule has 0 bridgehead atoms. The molecule has 1 amide bonds. The number of hydrogen-bond donors (Lipinski definition) is 2. The maximum atomic E-state index is 12.4. The predicted molar refractivity (Wildman–Crippen MR) is 103 cm³/mol. The molecule has 0 saturated heterocycles. The summed E-state index contributed by atoms with van der Waals surface area (Å²) in [5.41, 5.74) is 10.6. The number of rotatable bonds is 3. The van der Waals surface area contributed by atoms with Crippen molar-refractivity contribution in [1.29, 1.82) is 0 Å². The molecule has 3 rings (SSSR count). The standard InChI is InChI=1S/C18H19BrN2O2.ClH/c1-11-8-13(19)9-15(18(11)20)21-17(22)10-16-14-5-3-2-4-12(14)6-7-23-16;/h2-5,8-9,16H,6-7,10,20H2,1H3,(H,21,22);1H. The topological polar surface area (TPSA) is 64.3 Å². The second kappa shape index (κ2) is 8.01. The van der Waals surface area contributed by atoms with Crippen LogP contribution in [0.25, 0.3) is 0 Å². The van der Waals surface area contributed by atoms with Crippen LogP contribution >= 0.6 is 28.3 Å². The van der Waals surface area contributed by atoms with Crippen molar-refractivity contribution in [3.63, 3.8) is 0 Å². The molecule has 0 radical (unpaired) electrons. The minimum absolute atomic E-state index is 0. The number of benzene rings is 2. The Hall–Kier alpha value is -1.56. The molecule has 6 heteroatoms. The van der Waals surface area contributed by atoms with Crippen molar-refractivity contribution in [2.24, 2.45) is 0 Å². The van der Waals surface area contributed by atoms with Gasteiger partial charge in [-0.15, -0.1) is 12.4 Å². The molecule has 1 atom stereocenters. The number of anilines is 2. The third-order valence-electron chi connectivity index (χ3n) is 4.09. The molecule has 0 spiro atoms. The summed E-state index contributed by atoms with van der Waals surface area (Å²) in [4.78, 5) is 12.4. The molecule has 1 aliphatic heterocycles. The van der Waals surface area contributed by atoms with Crippen LogP contribution in [0.2, 0.25) is 0 Å². The molecule has 3 N–H and O–H groups in total. The molecule has 1 aliphatic rings. The normalized spacial score (nSPS) is 16.0. The number of aryl methyl sites for hydroxylation is 1. The van der Waals surface area contributed by atoms with Gasteiger partial charge in [-0.1, -0.05) is 40.2 Å². The number of halogens is 2. The third-order valence-corrected chi connectivity index (χ3v) is 4.55. The monoisotopic (exact) mass is 410 g/mol. The first-order valence-electron chi connectivity index (χ1n) is 7.59. The third kappa shape index (κ3) is 4.09. The number of nitrogens with one attached hydrogen (secondary N) is 1. The Balaban J connectivity index is 0.00000208. The smallest absolute Gasteiger partial charge is 0.227 e. The lowest BCUT2D eigenvalue weighted by Gasteiger charge is -2.25. The Bertz CT molecular complexity index is 752. The fourth-order valence-corrected chi connectivity index (χ4v) is 3.45. The van der Waals surface area contributed by atoms with Gasteiger partial charge < -0.3 is 15.8 Å². The summed E-state index contributed by atoms with van der Waals surface area (Å²) in [6.07, 6.45) is 0.975. The molecule has 0 aromatic heterocycles. The van der Waals surface area contributed by atoms with Crippen molar-refractivity contribution >= 4 is 45.6 Å². The number of nitrogens with two attached hydrogens (primary N) is 1. The van der Waals surface area contributed by atoms with Crippen LogP contribution in [-0.4, -0.2) is 12.5 Å². The number of fused-ring (bicyclic) bond motifs is 1. The lowest BCUT2D eigenvalue weighted by Crippen LogP contribution is -2.22. The van der Waals surface area contributed by atoms with Gasteiger partial charge in [0.25, 0.3) is 0 Å². The van der Waals surface area contributed by atoms with E-state index in [9.17, 15) is 4.79 Å². The molecular weight excluding hydrogens is 392 g/mol. The second-order valence-electron chi connectivity index (χ2n) is 5.74. The fraction of sp³-hybridized carbons (Fsp3) is 0.278. The highest BCUT2D eigenvalue weighted by Gasteiger charge is 2.23. The largest absolute Gasteiger partial charge is 0.397 e. The van der Waals surface area contributed by atoms with Crippen molar-refractivity contribution in [2.75, 3.05) is 17.7 Å². The van der Waals surface area contributed by atoms with E-state index in [2.05, 4.69) is 27.3 Å². The minimum Gasteiger partial charge on any atom is -0.397 e. The highest BCUT2D eigenvalue weighted by atomic mass is 79.9. The van der Waals surface area contributed by atoms with Gasteiger partial charge in [-0.25, -0.2) is 0 Å². The summed E-state index contributed by atoms with van der Waals surface area (Å²) in [5.74, 6) is -0.101. The Morgan fingerprint density at radius 2 is 2.12 bits per heavy atom. The summed E-state index contributed by atoms with van der Waals surface area (Å²) >= 11 is 3.43. The zero-order chi connectivity index (χ0) is 16.4. The van der Waals surface area contributed by atoms with Gasteiger partial charge in [0.15, 0.2) is 0 Å². The van der Waals surface area contributed by atoms with Crippen LogP contribution in [0.3, 0.4) is 0 Å². The number of ether oxygens (including phenoxy) is 1. The van der Waals surface area contributed by atoms with Crippen LogP contribution in [0.4, 0.5) is 11.4 Å². The van der Waals surface area contributed by atoms with Crippen LogP contribution in [-0.2, 0) is 16.0 Å². The summed E-state index contributed by atoms with van der Waals surface area (Å²) in [6.45, 7) is 2.56.